The molecule has 1 nitrogen and oxygen atoms in total. The van der Waals surface area contributed by atoms with Crippen molar-refractivity contribution in [3.63, 3.8) is 0 Å². The summed E-state index contributed by atoms with van der Waals surface area (Å²) in [7, 11) is 0. The normalized spacial score (nSPS) is 11.8. The van der Waals surface area contributed by atoms with Crippen LogP contribution in [0.15, 0.2) is 194 Å². The topological polar surface area (TPSA) is 9.23 Å². The number of rotatable bonds is 4. The van der Waals surface area contributed by atoms with Gasteiger partial charge in [0.1, 0.15) is 11.5 Å². The molecule has 0 spiro atoms. The van der Waals surface area contributed by atoms with E-state index in [1.54, 1.807) is 0 Å². The summed E-state index contributed by atoms with van der Waals surface area (Å²) in [5.41, 5.74) is 5.04. The van der Waals surface area contributed by atoms with Crippen molar-refractivity contribution in [2.75, 3.05) is 0 Å². The molecule has 53 heavy (non-hydrogen) atoms. The van der Waals surface area contributed by atoms with Crippen molar-refractivity contribution in [2.45, 2.75) is 0 Å². The van der Waals surface area contributed by atoms with Gasteiger partial charge in [-0.15, -0.1) is 0 Å². The van der Waals surface area contributed by atoms with Gasteiger partial charge in [-0.3, -0.25) is 0 Å². The minimum Gasteiger partial charge on any atom is -0.457 e. The van der Waals surface area contributed by atoms with Crippen LogP contribution in [-0.4, -0.2) is 0 Å². The van der Waals surface area contributed by atoms with Crippen molar-refractivity contribution in [1.82, 2.24) is 0 Å². The van der Waals surface area contributed by atoms with E-state index in [1.165, 1.54) is 97.7 Å². The fourth-order valence-electron chi connectivity index (χ4n) is 8.76. The number of ether oxygens (including phenoxy) is 1. The first-order valence-electron chi connectivity index (χ1n) is 18.3. The van der Waals surface area contributed by atoms with Gasteiger partial charge in [0.15, 0.2) is 0 Å². The molecule has 0 aliphatic rings. The molecule has 1 heteroatoms. The van der Waals surface area contributed by atoms with Crippen molar-refractivity contribution in [2.24, 2.45) is 0 Å². The lowest BCUT2D eigenvalue weighted by Gasteiger charge is -2.21. The van der Waals surface area contributed by atoms with Crippen molar-refractivity contribution in [3.8, 4) is 33.8 Å². The Morgan fingerprint density at radius 3 is 1.49 bits per heavy atom. The molecule has 0 bridgehead atoms. The molecule has 0 amide bonds. The van der Waals surface area contributed by atoms with Gasteiger partial charge < -0.3 is 4.74 Å². The Bertz CT molecular complexity index is 3190. The Balaban J connectivity index is 1.24. The van der Waals surface area contributed by atoms with Gasteiger partial charge in [0.2, 0.25) is 0 Å². The van der Waals surface area contributed by atoms with Gasteiger partial charge in [-0.1, -0.05) is 158 Å². The molecule has 11 aromatic carbocycles. The van der Waals surface area contributed by atoms with Crippen LogP contribution in [0.25, 0.3) is 97.7 Å². The van der Waals surface area contributed by atoms with Crippen molar-refractivity contribution >= 4 is 75.4 Å². The van der Waals surface area contributed by atoms with Gasteiger partial charge in [0.25, 0.3) is 0 Å². The lowest BCUT2D eigenvalue weighted by atomic mass is 9.82. The average molecular weight is 673 g/mol. The van der Waals surface area contributed by atoms with Crippen molar-refractivity contribution in [3.05, 3.63) is 194 Å². The zero-order valence-electron chi connectivity index (χ0n) is 28.9. The van der Waals surface area contributed by atoms with Crippen LogP contribution in [0.4, 0.5) is 0 Å². The van der Waals surface area contributed by atoms with Crippen LogP contribution in [0.1, 0.15) is 0 Å². The summed E-state index contributed by atoms with van der Waals surface area (Å²) in [6.45, 7) is 0. The summed E-state index contributed by atoms with van der Waals surface area (Å²) in [6.07, 6.45) is 0. The predicted octanol–water partition coefficient (Wildman–Crippen LogP) is 14.9. The zero-order valence-corrected chi connectivity index (χ0v) is 28.9. The lowest BCUT2D eigenvalue weighted by Crippen LogP contribution is -1.93. The third-order valence-electron chi connectivity index (χ3n) is 11.0. The molecule has 0 saturated heterocycles. The summed E-state index contributed by atoms with van der Waals surface area (Å²) in [5.74, 6) is 1.66. The third-order valence-corrected chi connectivity index (χ3v) is 11.0. The number of para-hydroxylation sites is 1. The zero-order chi connectivity index (χ0) is 34.9. The van der Waals surface area contributed by atoms with E-state index in [2.05, 4.69) is 164 Å². The van der Waals surface area contributed by atoms with Gasteiger partial charge in [-0.2, -0.15) is 0 Å². The number of fused-ring (bicyclic) bond motifs is 11. The highest BCUT2D eigenvalue weighted by molar-refractivity contribution is 6.34. The Kier molecular flexibility index (Phi) is 6.62. The molecule has 0 fully saturated rings. The fourth-order valence-corrected chi connectivity index (χ4v) is 8.76. The molecule has 0 N–H and O–H groups in total. The van der Waals surface area contributed by atoms with Crippen LogP contribution in [0, 0.1) is 0 Å². The first kappa shape index (κ1) is 29.7. The minimum atomic E-state index is 0.832. The molecule has 0 heterocycles. The van der Waals surface area contributed by atoms with E-state index in [4.69, 9.17) is 4.74 Å². The standard InChI is InChI=1S/C52H32O/c1-2-16-36(17-3-1)53-37-28-29-46-47(31-37)38-18-6-7-19-39(38)48-32-49(40-20-8-9-21-41(40)51(46)48)52-44-24-12-10-22-42(44)50(43-23-11-13-25-45(43)52)35-27-26-33-14-4-5-15-34(33)30-35/h1-32H. The predicted molar refractivity (Wildman–Crippen MR) is 226 cm³/mol. The number of hydrogen-bond donors (Lipinski definition) is 0. The summed E-state index contributed by atoms with van der Waals surface area (Å²) in [6, 6.07) is 70.4. The van der Waals surface area contributed by atoms with Crippen LogP contribution >= 0.6 is 0 Å². The summed E-state index contributed by atoms with van der Waals surface area (Å²) >= 11 is 0. The Morgan fingerprint density at radius 1 is 0.264 bits per heavy atom. The SMILES string of the molecule is c1ccc(Oc2ccc3c(c2)c2ccccc2c2cc(-c4c5ccccc5c(-c5ccc6ccccc6c5)c5ccccc45)c4ccccc4c32)cc1. The minimum absolute atomic E-state index is 0.832. The monoisotopic (exact) mass is 672 g/mol. The van der Waals surface area contributed by atoms with E-state index >= 15 is 0 Å². The highest BCUT2D eigenvalue weighted by Crippen LogP contribution is 2.49. The highest BCUT2D eigenvalue weighted by Gasteiger charge is 2.21. The maximum Gasteiger partial charge on any atom is 0.128 e. The van der Waals surface area contributed by atoms with E-state index in [-0.39, 0.29) is 0 Å². The average Bonchev–Trinajstić information content (AvgIpc) is 3.22. The van der Waals surface area contributed by atoms with Gasteiger partial charge in [-0.25, -0.2) is 0 Å². The molecule has 0 unspecified atom stereocenters. The summed E-state index contributed by atoms with van der Waals surface area (Å²) < 4.78 is 6.36. The summed E-state index contributed by atoms with van der Waals surface area (Å²) in [4.78, 5) is 0. The van der Waals surface area contributed by atoms with Gasteiger partial charge in [0, 0.05) is 0 Å². The molecule has 0 atom stereocenters. The second-order valence-electron chi connectivity index (χ2n) is 14.0. The van der Waals surface area contributed by atoms with E-state index in [0.717, 1.165) is 11.5 Å². The molecule has 0 radical (unpaired) electrons. The molecular weight excluding hydrogens is 641 g/mol. The van der Waals surface area contributed by atoms with Crippen molar-refractivity contribution in [1.29, 1.82) is 0 Å². The molecule has 246 valence electrons. The van der Waals surface area contributed by atoms with Gasteiger partial charge in [0.05, 0.1) is 0 Å². The highest BCUT2D eigenvalue weighted by atomic mass is 16.5. The van der Waals surface area contributed by atoms with E-state index < -0.39 is 0 Å². The maximum absolute atomic E-state index is 6.36. The smallest absolute Gasteiger partial charge is 0.128 e. The molecule has 11 aromatic rings. The Labute approximate surface area is 306 Å². The first-order valence-corrected chi connectivity index (χ1v) is 18.3. The Morgan fingerprint density at radius 2 is 0.792 bits per heavy atom. The number of hydrogen-bond acceptors (Lipinski definition) is 1. The molecule has 0 aliphatic heterocycles. The van der Waals surface area contributed by atoms with Crippen molar-refractivity contribution < 1.29 is 4.74 Å². The first-order chi connectivity index (χ1) is 26.3. The second kappa shape index (κ2) is 11.8. The molecule has 0 saturated carbocycles. The maximum atomic E-state index is 6.36. The van der Waals surface area contributed by atoms with E-state index in [1.807, 2.05) is 30.3 Å². The summed E-state index contributed by atoms with van der Waals surface area (Å²) in [5, 5.41) is 17.4. The molecule has 11 rings (SSSR count). The van der Waals surface area contributed by atoms with Crippen LogP contribution in [-0.2, 0) is 0 Å². The fraction of sp³-hybridized carbons (Fsp3) is 0. The second-order valence-corrected chi connectivity index (χ2v) is 14.0. The van der Waals surface area contributed by atoms with Crippen LogP contribution in [0.3, 0.4) is 0 Å². The quantitative estimate of drug-likeness (QED) is 0.134. The van der Waals surface area contributed by atoms with E-state index in [0.29, 0.717) is 0 Å². The Hall–Kier alpha value is -6.96. The lowest BCUT2D eigenvalue weighted by molar-refractivity contribution is 0.483. The van der Waals surface area contributed by atoms with E-state index in [9.17, 15) is 0 Å². The van der Waals surface area contributed by atoms with Crippen LogP contribution < -0.4 is 4.74 Å². The van der Waals surface area contributed by atoms with Crippen LogP contribution in [0.2, 0.25) is 0 Å². The molecular formula is C52H32O. The largest absolute Gasteiger partial charge is 0.457 e. The van der Waals surface area contributed by atoms with Gasteiger partial charge >= 0.3 is 0 Å². The van der Waals surface area contributed by atoms with Gasteiger partial charge in [-0.05, 0) is 134 Å². The molecule has 0 aromatic heterocycles. The van der Waals surface area contributed by atoms with Crippen LogP contribution in [0.5, 0.6) is 11.5 Å². The number of benzene rings is 11. The third kappa shape index (κ3) is 4.64. The molecule has 0 aliphatic carbocycles.